The van der Waals surface area contributed by atoms with E-state index in [2.05, 4.69) is 28.8 Å². The summed E-state index contributed by atoms with van der Waals surface area (Å²) in [6, 6.07) is 23.8. The lowest BCUT2D eigenvalue weighted by Crippen LogP contribution is -2.36. The zero-order valence-electron chi connectivity index (χ0n) is 18.1. The molecule has 0 bridgehead atoms. The summed E-state index contributed by atoms with van der Waals surface area (Å²) in [5.41, 5.74) is 2.75. The van der Waals surface area contributed by atoms with E-state index >= 15 is 0 Å². The van der Waals surface area contributed by atoms with Crippen molar-refractivity contribution < 1.29 is 14.6 Å². The van der Waals surface area contributed by atoms with Gasteiger partial charge in [0.15, 0.2) is 0 Å². The number of ether oxygens (including phenoxy) is 1. The van der Waals surface area contributed by atoms with Gasteiger partial charge in [0.25, 0.3) is 5.91 Å². The minimum atomic E-state index is -0.715. The van der Waals surface area contributed by atoms with Gasteiger partial charge in [0.05, 0.1) is 12.1 Å². The normalized spacial score (nSPS) is 15.2. The fraction of sp³-hybridized carbons (Fsp3) is 0.296. The van der Waals surface area contributed by atoms with Crippen molar-refractivity contribution in [1.82, 2.24) is 9.47 Å². The molecule has 1 N–H and O–H groups in total. The van der Waals surface area contributed by atoms with Gasteiger partial charge in [-0.25, -0.2) is 0 Å². The van der Waals surface area contributed by atoms with E-state index in [1.54, 1.807) is 0 Å². The van der Waals surface area contributed by atoms with Gasteiger partial charge in [-0.2, -0.15) is 0 Å². The van der Waals surface area contributed by atoms with Crippen molar-refractivity contribution in [3.8, 4) is 5.75 Å². The largest absolute Gasteiger partial charge is 0.490 e. The Morgan fingerprint density at radius 2 is 1.44 bits per heavy atom. The number of amides is 1. The summed E-state index contributed by atoms with van der Waals surface area (Å²) in [5, 5.41) is 13.2. The molecule has 5 rings (SSSR count). The lowest BCUT2D eigenvalue weighted by molar-refractivity contribution is 0.0705. The van der Waals surface area contributed by atoms with Crippen LogP contribution in [0.1, 0.15) is 29.6 Å². The first-order chi connectivity index (χ1) is 15.7. The number of hydrogen-bond donors (Lipinski definition) is 1. The molecule has 5 nitrogen and oxygen atoms in total. The van der Waals surface area contributed by atoms with Gasteiger partial charge in [0.2, 0.25) is 0 Å². The average molecular weight is 429 g/mol. The minimum absolute atomic E-state index is 0.0113. The maximum atomic E-state index is 13.0. The molecule has 1 saturated heterocycles. The first kappa shape index (κ1) is 20.6. The van der Waals surface area contributed by atoms with Crippen molar-refractivity contribution in [3.63, 3.8) is 0 Å². The zero-order chi connectivity index (χ0) is 21.9. The second kappa shape index (κ2) is 9.05. The minimum Gasteiger partial charge on any atom is -0.490 e. The van der Waals surface area contributed by atoms with Crippen LogP contribution in [0.5, 0.6) is 5.75 Å². The molecule has 0 radical (unpaired) electrons. The Kier molecular flexibility index (Phi) is 5.82. The summed E-state index contributed by atoms with van der Waals surface area (Å²) >= 11 is 0. The molecular formula is C27H28N2O3. The summed E-state index contributed by atoms with van der Waals surface area (Å²) in [6.07, 6.45) is 2.56. The van der Waals surface area contributed by atoms with Gasteiger partial charge in [0, 0.05) is 34.9 Å². The number of aliphatic hydroxyl groups excluding tert-OH is 1. The molecule has 164 valence electrons. The number of piperidine rings is 1. The molecular weight excluding hydrogens is 400 g/mol. The predicted molar refractivity (Wildman–Crippen MR) is 127 cm³/mol. The highest BCUT2D eigenvalue weighted by Gasteiger charge is 2.22. The standard InChI is InChI=1S/C27H28N2O3/c30-20(18-29-24-13-5-2-10-21(24)22-11-3-6-14-25(22)29)19-32-26-15-7-4-12-23(26)27(31)28-16-8-1-9-17-28/h2-7,10-15,20,30H,1,8-9,16-19H2/t20-/m1/s1. The van der Waals surface area contributed by atoms with Gasteiger partial charge in [-0.05, 0) is 43.5 Å². The number of carbonyl (C=O) groups is 1. The Labute approximate surface area is 187 Å². The molecule has 1 amide bonds. The van der Waals surface area contributed by atoms with Crippen molar-refractivity contribution in [1.29, 1.82) is 0 Å². The van der Waals surface area contributed by atoms with Crippen LogP contribution in [0.4, 0.5) is 0 Å². The van der Waals surface area contributed by atoms with E-state index in [0.29, 0.717) is 17.9 Å². The van der Waals surface area contributed by atoms with E-state index in [-0.39, 0.29) is 12.5 Å². The number of carbonyl (C=O) groups excluding carboxylic acids is 1. The SMILES string of the molecule is O=C(c1ccccc1OC[C@H](O)Cn1c2ccccc2c2ccccc21)N1CCCCC1. The highest BCUT2D eigenvalue weighted by Crippen LogP contribution is 2.29. The number of likely N-dealkylation sites (tertiary alicyclic amines) is 1. The topological polar surface area (TPSA) is 54.7 Å². The van der Waals surface area contributed by atoms with Gasteiger partial charge in [-0.3, -0.25) is 4.79 Å². The van der Waals surface area contributed by atoms with Crippen LogP contribution < -0.4 is 4.74 Å². The first-order valence-electron chi connectivity index (χ1n) is 11.4. The smallest absolute Gasteiger partial charge is 0.257 e. The summed E-state index contributed by atoms with van der Waals surface area (Å²) in [5.74, 6) is 0.543. The van der Waals surface area contributed by atoms with Gasteiger partial charge < -0.3 is 19.3 Å². The number of aliphatic hydroxyl groups is 1. The van der Waals surface area contributed by atoms with Gasteiger partial charge >= 0.3 is 0 Å². The third-order valence-electron chi connectivity index (χ3n) is 6.27. The van der Waals surface area contributed by atoms with Gasteiger partial charge in [-0.1, -0.05) is 48.5 Å². The van der Waals surface area contributed by atoms with Crippen molar-refractivity contribution in [2.75, 3.05) is 19.7 Å². The molecule has 32 heavy (non-hydrogen) atoms. The fourth-order valence-corrected chi connectivity index (χ4v) is 4.69. The van der Waals surface area contributed by atoms with Crippen LogP contribution in [0, 0.1) is 0 Å². The maximum Gasteiger partial charge on any atom is 0.257 e. The van der Waals surface area contributed by atoms with Gasteiger partial charge in [-0.15, -0.1) is 0 Å². The molecule has 5 heteroatoms. The number of benzene rings is 3. The fourth-order valence-electron chi connectivity index (χ4n) is 4.69. The summed E-state index contributed by atoms with van der Waals surface area (Å²) in [4.78, 5) is 14.9. The maximum absolute atomic E-state index is 13.0. The number of aromatic nitrogens is 1. The van der Waals surface area contributed by atoms with Crippen molar-refractivity contribution in [2.24, 2.45) is 0 Å². The van der Waals surface area contributed by atoms with Crippen LogP contribution in [0.2, 0.25) is 0 Å². The third-order valence-corrected chi connectivity index (χ3v) is 6.27. The summed E-state index contributed by atoms with van der Waals surface area (Å²) in [7, 11) is 0. The molecule has 0 aliphatic carbocycles. The average Bonchev–Trinajstić information content (AvgIpc) is 3.17. The second-order valence-electron chi connectivity index (χ2n) is 8.46. The molecule has 2 heterocycles. The highest BCUT2D eigenvalue weighted by molar-refractivity contribution is 6.07. The van der Waals surface area contributed by atoms with E-state index < -0.39 is 6.10 Å². The Morgan fingerprint density at radius 3 is 2.12 bits per heavy atom. The summed E-state index contributed by atoms with van der Waals surface area (Å²) < 4.78 is 8.12. The number of rotatable bonds is 6. The lowest BCUT2D eigenvalue weighted by Gasteiger charge is -2.27. The van der Waals surface area contributed by atoms with E-state index in [1.165, 1.54) is 17.2 Å². The monoisotopic (exact) mass is 428 g/mol. The molecule has 1 fully saturated rings. The first-order valence-corrected chi connectivity index (χ1v) is 11.4. The van der Waals surface area contributed by atoms with Crippen LogP contribution in [-0.4, -0.2) is 46.3 Å². The molecule has 0 saturated carbocycles. The van der Waals surface area contributed by atoms with E-state index in [0.717, 1.165) is 37.0 Å². The molecule has 1 aliphatic heterocycles. The van der Waals surface area contributed by atoms with Crippen molar-refractivity contribution in [3.05, 3.63) is 78.4 Å². The van der Waals surface area contributed by atoms with Gasteiger partial charge in [0.1, 0.15) is 18.5 Å². The van der Waals surface area contributed by atoms with E-state index in [9.17, 15) is 9.90 Å². The molecule has 1 atom stereocenters. The quantitative estimate of drug-likeness (QED) is 0.477. The molecule has 0 unspecified atom stereocenters. The van der Waals surface area contributed by atoms with Crippen LogP contribution >= 0.6 is 0 Å². The Balaban J connectivity index is 1.33. The third kappa shape index (κ3) is 3.96. The van der Waals surface area contributed by atoms with E-state index in [4.69, 9.17) is 4.74 Å². The summed E-state index contributed by atoms with van der Waals surface area (Å²) in [6.45, 7) is 2.12. The zero-order valence-corrected chi connectivity index (χ0v) is 18.1. The van der Waals surface area contributed by atoms with Crippen LogP contribution in [-0.2, 0) is 6.54 Å². The Bertz CT molecular complexity index is 1190. The number of nitrogens with zero attached hydrogens (tertiary/aromatic N) is 2. The Hall–Kier alpha value is -3.31. The number of para-hydroxylation sites is 3. The molecule has 1 aromatic heterocycles. The molecule has 1 aliphatic rings. The molecule has 4 aromatic rings. The van der Waals surface area contributed by atoms with Crippen molar-refractivity contribution >= 4 is 27.7 Å². The molecule has 0 spiro atoms. The Morgan fingerprint density at radius 1 is 0.844 bits per heavy atom. The van der Waals surface area contributed by atoms with Crippen LogP contribution in [0.25, 0.3) is 21.8 Å². The highest BCUT2D eigenvalue weighted by atomic mass is 16.5. The van der Waals surface area contributed by atoms with Crippen LogP contribution in [0.15, 0.2) is 72.8 Å². The second-order valence-corrected chi connectivity index (χ2v) is 8.46. The number of hydrogen-bond acceptors (Lipinski definition) is 3. The van der Waals surface area contributed by atoms with E-state index in [1.807, 2.05) is 53.4 Å². The predicted octanol–water partition coefficient (Wildman–Crippen LogP) is 4.86. The lowest BCUT2D eigenvalue weighted by atomic mass is 10.1. The number of fused-ring (bicyclic) bond motifs is 3. The van der Waals surface area contributed by atoms with Crippen molar-refractivity contribution in [2.45, 2.75) is 31.9 Å². The van der Waals surface area contributed by atoms with Crippen LogP contribution in [0.3, 0.4) is 0 Å². The molecule has 3 aromatic carbocycles.